The molecule has 0 aliphatic carbocycles. The number of hydrogen-bond acceptors (Lipinski definition) is 4. The van der Waals surface area contributed by atoms with Crippen LogP contribution in [0.1, 0.15) is 35.2 Å². The Hall–Kier alpha value is -3.85. The Morgan fingerprint density at radius 3 is 2.48 bits per heavy atom. The molecule has 0 radical (unpaired) electrons. The van der Waals surface area contributed by atoms with E-state index in [-0.39, 0.29) is 12.0 Å². The molecule has 6 nitrogen and oxygen atoms in total. The minimum absolute atomic E-state index is 0.0129. The molecule has 6 heteroatoms. The van der Waals surface area contributed by atoms with Crippen molar-refractivity contribution in [1.82, 2.24) is 9.80 Å². The van der Waals surface area contributed by atoms with Gasteiger partial charge in [0.2, 0.25) is 0 Å². The summed E-state index contributed by atoms with van der Waals surface area (Å²) in [6.45, 7) is 1.76. The number of benzene rings is 3. The maximum absolute atomic E-state index is 13.6. The Kier molecular flexibility index (Phi) is 5.26. The minimum atomic E-state index is -0.492. The molecular formula is C27H25N3O3. The van der Waals surface area contributed by atoms with E-state index in [1.165, 1.54) is 0 Å². The summed E-state index contributed by atoms with van der Waals surface area (Å²) in [4.78, 5) is 29.1. The second kappa shape index (κ2) is 8.25. The maximum atomic E-state index is 13.6. The lowest BCUT2D eigenvalue weighted by molar-refractivity contribution is 0.0439. The second-order valence-electron chi connectivity index (χ2n) is 8.92. The third-order valence-electron chi connectivity index (χ3n) is 6.82. The molecule has 0 aromatic heterocycles. The normalized spacial score (nSPS) is 20.5. The molecule has 1 unspecified atom stereocenters. The minimum Gasteiger partial charge on any atom is -0.441 e. The van der Waals surface area contributed by atoms with Crippen LogP contribution >= 0.6 is 0 Å². The van der Waals surface area contributed by atoms with E-state index in [4.69, 9.17) is 4.74 Å². The molecule has 3 aromatic carbocycles. The molecule has 3 aromatic rings. The number of carbonyl (C=O) groups is 2. The summed E-state index contributed by atoms with van der Waals surface area (Å²) < 4.78 is 5.70. The lowest BCUT2D eigenvalue weighted by Gasteiger charge is -2.25. The van der Waals surface area contributed by atoms with E-state index < -0.39 is 5.60 Å². The van der Waals surface area contributed by atoms with Crippen LogP contribution in [-0.4, -0.2) is 54.1 Å². The lowest BCUT2D eigenvalue weighted by Crippen LogP contribution is -2.36. The number of nitrogens with zero attached hydrogens (tertiary/aromatic N) is 3. The Balaban J connectivity index is 1.48. The van der Waals surface area contributed by atoms with Crippen molar-refractivity contribution in [2.45, 2.75) is 24.9 Å². The molecule has 2 saturated heterocycles. The van der Waals surface area contributed by atoms with Gasteiger partial charge in [0.25, 0.3) is 5.91 Å². The number of carbonyl (C=O) groups excluding carboxylic acids is 2. The quantitative estimate of drug-likeness (QED) is 0.574. The van der Waals surface area contributed by atoms with Crippen LogP contribution in [0.3, 0.4) is 0 Å². The zero-order valence-corrected chi connectivity index (χ0v) is 18.6. The predicted molar refractivity (Wildman–Crippen MR) is 126 cm³/mol. The Labute approximate surface area is 193 Å². The van der Waals surface area contributed by atoms with Gasteiger partial charge in [-0.25, -0.2) is 4.79 Å². The van der Waals surface area contributed by atoms with Gasteiger partial charge in [-0.2, -0.15) is 5.26 Å². The van der Waals surface area contributed by atoms with E-state index in [0.717, 1.165) is 34.7 Å². The van der Waals surface area contributed by atoms with Gasteiger partial charge in [-0.05, 0) is 41.3 Å². The molecule has 0 bridgehead atoms. The number of amides is 2. The maximum Gasteiger partial charge on any atom is 0.410 e. The van der Waals surface area contributed by atoms with Gasteiger partial charge in [-0.1, -0.05) is 48.5 Å². The van der Waals surface area contributed by atoms with Gasteiger partial charge >= 0.3 is 6.09 Å². The molecule has 2 heterocycles. The highest BCUT2D eigenvalue weighted by atomic mass is 16.6. The van der Waals surface area contributed by atoms with E-state index in [9.17, 15) is 14.9 Å². The topological polar surface area (TPSA) is 73.6 Å². The number of hydrogen-bond donors (Lipinski definition) is 0. The number of likely N-dealkylation sites (N-methyl/N-ethyl adjacent to an activating group) is 1. The number of rotatable bonds is 2. The third kappa shape index (κ3) is 3.70. The van der Waals surface area contributed by atoms with E-state index in [1.807, 2.05) is 65.6 Å². The van der Waals surface area contributed by atoms with Crippen LogP contribution in [0.25, 0.3) is 21.9 Å². The fraction of sp³-hybridized carbons (Fsp3) is 0.296. The number of likely N-dealkylation sites (tertiary alicyclic amines) is 1. The summed E-state index contributed by atoms with van der Waals surface area (Å²) in [5.74, 6) is -0.0129. The zero-order valence-electron chi connectivity index (χ0n) is 18.6. The first-order chi connectivity index (χ1) is 16.0. The summed E-state index contributed by atoms with van der Waals surface area (Å²) in [5, 5.41) is 11.4. The monoisotopic (exact) mass is 439 g/mol. The smallest absolute Gasteiger partial charge is 0.410 e. The van der Waals surface area contributed by atoms with Crippen molar-refractivity contribution in [2.24, 2.45) is 0 Å². The van der Waals surface area contributed by atoms with E-state index >= 15 is 0 Å². The predicted octanol–water partition coefficient (Wildman–Crippen LogP) is 4.83. The molecule has 1 atom stereocenters. The van der Waals surface area contributed by atoms with Crippen molar-refractivity contribution in [3.63, 3.8) is 0 Å². The molecule has 2 amide bonds. The third-order valence-corrected chi connectivity index (χ3v) is 6.82. The Bertz CT molecular complexity index is 1300. The van der Waals surface area contributed by atoms with Gasteiger partial charge in [0.05, 0.1) is 18.2 Å². The molecule has 0 N–H and O–H groups in total. The fourth-order valence-corrected chi connectivity index (χ4v) is 5.13. The molecule has 2 aliphatic heterocycles. The van der Waals surface area contributed by atoms with Crippen LogP contribution in [0, 0.1) is 11.3 Å². The van der Waals surface area contributed by atoms with Crippen LogP contribution in [-0.2, 0) is 4.74 Å². The molecule has 2 aliphatic rings. The van der Waals surface area contributed by atoms with Crippen LogP contribution < -0.4 is 0 Å². The number of nitriles is 1. The Morgan fingerprint density at radius 2 is 1.73 bits per heavy atom. The van der Waals surface area contributed by atoms with Crippen molar-refractivity contribution in [3.8, 4) is 17.2 Å². The number of fused-ring (bicyclic) bond motifs is 1. The summed E-state index contributed by atoms with van der Waals surface area (Å²) in [7, 11) is 1.75. The average Bonchev–Trinajstić information content (AvgIpc) is 2.99. The largest absolute Gasteiger partial charge is 0.441 e. The van der Waals surface area contributed by atoms with Gasteiger partial charge in [-0.15, -0.1) is 0 Å². The first-order valence-electron chi connectivity index (χ1n) is 11.3. The summed E-state index contributed by atoms with van der Waals surface area (Å²) in [6.07, 6.45) is 1.91. The highest BCUT2D eigenvalue weighted by Gasteiger charge is 2.44. The van der Waals surface area contributed by atoms with Crippen molar-refractivity contribution in [3.05, 3.63) is 71.8 Å². The Morgan fingerprint density at radius 1 is 0.970 bits per heavy atom. The molecule has 0 saturated carbocycles. The van der Waals surface area contributed by atoms with Crippen molar-refractivity contribution in [1.29, 1.82) is 5.26 Å². The SMILES string of the molecule is CN1CC2(CCCN(C(=O)c3ccc(-c4ccccc4C#N)c4ccccc34)CC2)OC1=O. The fourth-order valence-electron chi connectivity index (χ4n) is 5.13. The zero-order chi connectivity index (χ0) is 23.0. The first-order valence-corrected chi connectivity index (χ1v) is 11.3. The van der Waals surface area contributed by atoms with E-state index in [1.54, 1.807) is 11.9 Å². The van der Waals surface area contributed by atoms with Crippen molar-refractivity contribution < 1.29 is 14.3 Å². The summed E-state index contributed by atoms with van der Waals surface area (Å²) in [5.41, 5.74) is 2.57. The molecular weight excluding hydrogens is 414 g/mol. The van der Waals surface area contributed by atoms with Crippen LogP contribution in [0.5, 0.6) is 0 Å². The number of ether oxygens (including phenoxy) is 1. The van der Waals surface area contributed by atoms with E-state index in [2.05, 4.69) is 6.07 Å². The van der Waals surface area contributed by atoms with Crippen LogP contribution in [0.15, 0.2) is 60.7 Å². The summed E-state index contributed by atoms with van der Waals surface area (Å²) >= 11 is 0. The van der Waals surface area contributed by atoms with Gasteiger partial charge in [-0.3, -0.25) is 4.79 Å². The highest BCUT2D eigenvalue weighted by molar-refractivity contribution is 6.11. The molecule has 5 rings (SSSR count). The lowest BCUT2D eigenvalue weighted by atomic mass is 9.92. The standard InChI is InChI=1S/C27H25N3O3/c1-29-18-27(33-26(29)32)13-6-15-30(16-14-27)25(31)24-12-11-23(21-9-4-5-10-22(21)24)20-8-3-2-7-19(20)17-28/h2-5,7-12H,6,13-16,18H2,1H3. The second-order valence-corrected chi connectivity index (χ2v) is 8.92. The van der Waals surface area contributed by atoms with E-state index in [0.29, 0.717) is 37.2 Å². The van der Waals surface area contributed by atoms with Gasteiger partial charge < -0.3 is 14.5 Å². The molecule has 2 fully saturated rings. The van der Waals surface area contributed by atoms with Gasteiger partial charge in [0, 0.05) is 37.7 Å². The highest BCUT2D eigenvalue weighted by Crippen LogP contribution is 2.35. The molecule has 1 spiro atoms. The first kappa shape index (κ1) is 21.0. The van der Waals surface area contributed by atoms with Crippen LogP contribution in [0.4, 0.5) is 4.79 Å². The van der Waals surface area contributed by atoms with Crippen molar-refractivity contribution in [2.75, 3.05) is 26.7 Å². The molecule has 33 heavy (non-hydrogen) atoms. The van der Waals surface area contributed by atoms with Gasteiger partial charge in [0.15, 0.2) is 0 Å². The average molecular weight is 440 g/mol. The van der Waals surface area contributed by atoms with Gasteiger partial charge in [0.1, 0.15) is 5.60 Å². The summed E-state index contributed by atoms with van der Waals surface area (Å²) in [6, 6.07) is 21.5. The van der Waals surface area contributed by atoms with Crippen molar-refractivity contribution >= 4 is 22.8 Å². The molecule has 166 valence electrons. The van der Waals surface area contributed by atoms with Crippen LogP contribution in [0.2, 0.25) is 0 Å².